The van der Waals surface area contributed by atoms with Gasteiger partial charge in [0.05, 0.1) is 25.4 Å². The average Bonchev–Trinajstić information content (AvgIpc) is 3.06. The van der Waals surface area contributed by atoms with E-state index in [1.807, 2.05) is 6.92 Å². The summed E-state index contributed by atoms with van der Waals surface area (Å²) in [5.74, 6) is -1.56. The molecule has 4 heterocycles. The fourth-order valence-electron chi connectivity index (χ4n) is 7.49. The zero-order valence-electron chi connectivity index (χ0n) is 15.2. The van der Waals surface area contributed by atoms with E-state index in [0.29, 0.717) is 19.6 Å². The fraction of sp³-hybridized carbons (Fsp3) is 0.850. The summed E-state index contributed by atoms with van der Waals surface area (Å²) in [4.78, 5) is 12.9. The summed E-state index contributed by atoms with van der Waals surface area (Å²) < 4.78 is 17.8. The maximum absolute atomic E-state index is 12.9. The zero-order chi connectivity index (χ0) is 18.1. The molecule has 26 heavy (non-hydrogen) atoms. The van der Waals surface area contributed by atoms with E-state index in [2.05, 4.69) is 13.0 Å². The van der Waals surface area contributed by atoms with E-state index in [9.17, 15) is 15.0 Å². The molecule has 9 atom stereocenters. The lowest BCUT2D eigenvalue weighted by molar-refractivity contribution is -0.367. The second-order valence-corrected chi connectivity index (χ2v) is 9.85. The molecule has 4 saturated heterocycles. The van der Waals surface area contributed by atoms with Gasteiger partial charge in [-0.3, -0.25) is 4.79 Å². The molecule has 2 saturated carbocycles. The van der Waals surface area contributed by atoms with Crippen molar-refractivity contribution >= 4 is 5.97 Å². The molecule has 2 bridgehead atoms. The Morgan fingerprint density at radius 3 is 2.77 bits per heavy atom. The van der Waals surface area contributed by atoms with Crippen LogP contribution in [0.15, 0.2) is 11.6 Å². The fourth-order valence-corrected chi connectivity index (χ4v) is 7.49. The summed E-state index contributed by atoms with van der Waals surface area (Å²) in [6.45, 7) is 4.76. The minimum atomic E-state index is -1.42. The van der Waals surface area contributed by atoms with Crippen LogP contribution in [-0.4, -0.2) is 53.5 Å². The third-order valence-electron chi connectivity index (χ3n) is 9.07. The third kappa shape index (κ3) is 1.41. The van der Waals surface area contributed by atoms with Crippen molar-refractivity contribution in [2.45, 2.75) is 63.6 Å². The Bertz CT molecular complexity index is 737. The van der Waals surface area contributed by atoms with Crippen LogP contribution in [0.3, 0.4) is 0 Å². The van der Waals surface area contributed by atoms with Crippen molar-refractivity contribution < 1.29 is 29.2 Å². The summed E-state index contributed by atoms with van der Waals surface area (Å²) in [6.07, 6.45) is 4.33. The Balaban J connectivity index is 1.54. The van der Waals surface area contributed by atoms with Crippen molar-refractivity contribution in [2.75, 3.05) is 13.2 Å². The normalized spacial score (nSPS) is 62.2. The van der Waals surface area contributed by atoms with Crippen LogP contribution in [0.1, 0.15) is 39.5 Å². The molecule has 6 fully saturated rings. The quantitative estimate of drug-likeness (QED) is 0.497. The molecule has 4 aliphatic heterocycles. The number of carbonyl (C=O) groups excluding carboxylic acids is 1. The van der Waals surface area contributed by atoms with Gasteiger partial charge in [0, 0.05) is 23.2 Å². The first-order valence-corrected chi connectivity index (χ1v) is 9.85. The molecule has 7 aliphatic rings. The first-order chi connectivity index (χ1) is 12.3. The van der Waals surface area contributed by atoms with E-state index in [-0.39, 0.29) is 40.8 Å². The summed E-state index contributed by atoms with van der Waals surface area (Å²) >= 11 is 0. The van der Waals surface area contributed by atoms with E-state index >= 15 is 0 Å². The lowest BCUT2D eigenvalue weighted by Crippen LogP contribution is -2.72. The molecule has 7 rings (SSSR count). The molecule has 2 N–H and O–H groups in total. The van der Waals surface area contributed by atoms with Crippen LogP contribution in [0.5, 0.6) is 0 Å². The standard InChI is InChI=1S/C20H26O6/c1-17-4-3-11-10(15(17)24-8-13(17)21)7-12-14-18(2,16(22)26-12)20(23)6-5-19(11,14)9-25-20/h7,11-15,21,23H,3-6,8-9H2,1-2H3/t11-,12-,13-,14+,15+,17+,18+,19+,20-/m1/s1. The molecule has 6 nitrogen and oxygen atoms in total. The third-order valence-corrected chi connectivity index (χ3v) is 9.07. The van der Waals surface area contributed by atoms with Gasteiger partial charge in [0.15, 0.2) is 5.79 Å². The Morgan fingerprint density at radius 1 is 1.23 bits per heavy atom. The monoisotopic (exact) mass is 362 g/mol. The van der Waals surface area contributed by atoms with Crippen LogP contribution in [0.4, 0.5) is 0 Å². The van der Waals surface area contributed by atoms with Crippen molar-refractivity contribution in [3.8, 4) is 0 Å². The lowest BCUT2D eigenvalue weighted by Gasteiger charge is -2.66. The Kier molecular flexibility index (Phi) is 2.70. The van der Waals surface area contributed by atoms with Gasteiger partial charge in [-0.1, -0.05) is 6.92 Å². The topological polar surface area (TPSA) is 85.2 Å². The SMILES string of the molecule is C[C@@]12CC[C@@H]3C(=C[C@H]4OC(=O)[C@]5(C)[C@H]4[C@]34CC[C@@]5(O)OC4)[C@@H]1OC[C@H]2O. The number of aliphatic hydroxyl groups is 2. The van der Waals surface area contributed by atoms with Gasteiger partial charge in [-0.25, -0.2) is 0 Å². The van der Waals surface area contributed by atoms with Crippen LogP contribution in [0.2, 0.25) is 0 Å². The molecular formula is C20H26O6. The number of hydrogen-bond acceptors (Lipinski definition) is 6. The summed E-state index contributed by atoms with van der Waals surface area (Å²) in [5, 5.41) is 21.6. The first kappa shape index (κ1) is 16.0. The van der Waals surface area contributed by atoms with Gasteiger partial charge in [0.2, 0.25) is 0 Å². The minimum Gasteiger partial charge on any atom is -0.457 e. The molecular weight excluding hydrogens is 336 g/mol. The average molecular weight is 362 g/mol. The zero-order valence-corrected chi connectivity index (χ0v) is 15.2. The molecule has 6 heteroatoms. The minimum absolute atomic E-state index is 0.0561. The number of esters is 1. The van der Waals surface area contributed by atoms with Crippen molar-refractivity contribution in [3.05, 3.63) is 11.6 Å². The number of aliphatic hydroxyl groups excluding tert-OH is 1. The summed E-state index contributed by atoms with van der Waals surface area (Å²) in [7, 11) is 0. The van der Waals surface area contributed by atoms with Gasteiger partial charge in [0.1, 0.15) is 11.5 Å². The van der Waals surface area contributed by atoms with Gasteiger partial charge in [-0.15, -0.1) is 0 Å². The van der Waals surface area contributed by atoms with E-state index < -0.39 is 17.3 Å². The number of rotatable bonds is 0. The van der Waals surface area contributed by atoms with Crippen LogP contribution in [0.25, 0.3) is 0 Å². The summed E-state index contributed by atoms with van der Waals surface area (Å²) in [5.41, 5.74) is -0.293. The van der Waals surface area contributed by atoms with Crippen molar-refractivity contribution in [1.82, 2.24) is 0 Å². The highest BCUT2D eigenvalue weighted by molar-refractivity contribution is 5.82. The molecule has 0 aromatic carbocycles. The van der Waals surface area contributed by atoms with Crippen LogP contribution < -0.4 is 0 Å². The van der Waals surface area contributed by atoms with E-state index in [4.69, 9.17) is 14.2 Å². The maximum Gasteiger partial charge on any atom is 0.318 e. The predicted octanol–water partition coefficient (Wildman–Crippen LogP) is 1.15. The lowest BCUT2D eigenvalue weighted by atomic mass is 9.42. The van der Waals surface area contributed by atoms with Gasteiger partial charge in [-0.05, 0) is 43.8 Å². The van der Waals surface area contributed by atoms with Crippen LogP contribution >= 0.6 is 0 Å². The highest BCUT2D eigenvalue weighted by atomic mass is 16.6. The molecule has 0 amide bonds. The Morgan fingerprint density at radius 2 is 2.04 bits per heavy atom. The van der Waals surface area contributed by atoms with E-state index in [1.165, 1.54) is 5.57 Å². The molecule has 0 unspecified atom stereocenters. The second kappa shape index (κ2) is 4.37. The van der Waals surface area contributed by atoms with Crippen LogP contribution in [-0.2, 0) is 19.0 Å². The number of ether oxygens (including phenoxy) is 3. The smallest absolute Gasteiger partial charge is 0.318 e. The second-order valence-electron chi connectivity index (χ2n) is 9.85. The van der Waals surface area contributed by atoms with Gasteiger partial charge < -0.3 is 24.4 Å². The molecule has 0 radical (unpaired) electrons. The first-order valence-electron chi connectivity index (χ1n) is 9.85. The predicted molar refractivity (Wildman–Crippen MR) is 88.7 cm³/mol. The highest BCUT2D eigenvalue weighted by Crippen LogP contribution is 2.72. The molecule has 0 aromatic heterocycles. The van der Waals surface area contributed by atoms with Crippen molar-refractivity contribution in [2.24, 2.45) is 28.1 Å². The van der Waals surface area contributed by atoms with Gasteiger partial charge in [0.25, 0.3) is 0 Å². The molecule has 0 aromatic rings. The Labute approximate surface area is 152 Å². The summed E-state index contributed by atoms with van der Waals surface area (Å²) in [6, 6.07) is 0. The molecule has 1 spiro atoms. The number of carbonyl (C=O) groups is 1. The number of fused-ring (bicyclic) bond motifs is 5. The van der Waals surface area contributed by atoms with Gasteiger partial charge in [-0.2, -0.15) is 0 Å². The Hall–Kier alpha value is -0.950. The van der Waals surface area contributed by atoms with Crippen molar-refractivity contribution in [3.63, 3.8) is 0 Å². The molecule has 142 valence electrons. The maximum atomic E-state index is 12.9. The van der Waals surface area contributed by atoms with Crippen molar-refractivity contribution in [1.29, 1.82) is 0 Å². The number of hydrogen-bond donors (Lipinski definition) is 2. The van der Waals surface area contributed by atoms with Crippen LogP contribution in [0, 0.1) is 28.1 Å². The largest absolute Gasteiger partial charge is 0.457 e. The molecule has 3 aliphatic carbocycles. The van der Waals surface area contributed by atoms with E-state index in [1.54, 1.807) is 0 Å². The van der Waals surface area contributed by atoms with E-state index in [0.717, 1.165) is 19.3 Å². The highest BCUT2D eigenvalue weighted by Gasteiger charge is 2.79. The van der Waals surface area contributed by atoms with Gasteiger partial charge >= 0.3 is 5.97 Å².